The van der Waals surface area contributed by atoms with Crippen molar-refractivity contribution in [2.75, 3.05) is 12.8 Å². The molecule has 0 N–H and O–H groups in total. The second kappa shape index (κ2) is 6.42. The van der Waals surface area contributed by atoms with Gasteiger partial charge in [0, 0.05) is 16.3 Å². The Labute approximate surface area is 138 Å². The Kier molecular flexibility index (Phi) is 4.57. The third-order valence-corrected chi connectivity index (χ3v) is 5.82. The highest BCUT2D eigenvalue weighted by atomic mass is 35.5. The Hall–Kier alpha value is -0.970. The van der Waals surface area contributed by atoms with Gasteiger partial charge in [0.1, 0.15) is 0 Å². The Morgan fingerprint density at radius 2 is 2.29 bits per heavy atom. The lowest BCUT2D eigenvalue weighted by atomic mass is 10.1. The molecule has 0 spiro atoms. The molecule has 0 bridgehead atoms. The fraction of sp³-hybridized carbons (Fsp3) is 0.312. The van der Waals surface area contributed by atoms with Gasteiger partial charge in [0.05, 0.1) is 16.6 Å². The van der Waals surface area contributed by atoms with Gasteiger partial charge in [0.15, 0.2) is 0 Å². The molecule has 0 saturated carbocycles. The molecular weight excluding hydrogens is 322 g/mol. The number of thioether (sulfide) groups is 1. The molecule has 1 saturated heterocycles. The summed E-state index contributed by atoms with van der Waals surface area (Å²) in [6.07, 6.45) is 4.09. The maximum Gasteiger partial charge on any atom is 0.255 e. The van der Waals surface area contributed by atoms with E-state index in [1.165, 1.54) is 4.88 Å². The number of carbonyl (C=O) groups excluding carboxylic acids is 1. The van der Waals surface area contributed by atoms with Crippen LogP contribution >= 0.6 is 34.7 Å². The molecule has 21 heavy (non-hydrogen) atoms. The molecule has 1 aromatic heterocycles. The third kappa shape index (κ3) is 2.98. The number of carbonyl (C=O) groups is 1. The van der Waals surface area contributed by atoms with Gasteiger partial charge in [-0.15, -0.1) is 23.1 Å². The van der Waals surface area contributed by atoms with Gasteiger partial charge in [-0.1, -0.05) is 17.7 Å². The van der Waals surface area contributed by atoms with Gasteiger partial charge in [-0.25, -0.2) is 0 Å². The summed E-state index contributed by atoms with van der Waals surface area (Å²) in [5, 5.41) is 2.60. The maximum atomic E-state index is 12.9. The first kappa shape index (κ1) is 14.9. The van der Waals surface area contributed by atoms with Crippen molar-refractivity contribution in [2.45, 2.75) is 23.8 Å². The Bertz CT molecular complexity index is 642. The van der Waals surface area contributed by atoms with Crippen LogP contribution in [0.15, 0.2) is 40.6 Å². The van der Waals surface area contributed by atoms with Crippen LogP contribution in [0.3, 0.4) is 0 Å². The number of hydrogen-bond donors (Lipinski definition) is 0. The highest BCUT2D eigenvalue weighted by molar-refractivity contribution is 7.98. The summed E-state index contributed by atoms with van der Waals surface area (Å²) in [7, 11) is 0. The van der Waals surface area contributed by atoms with Crippen LogP contribution in [0.2, 0.25) is 5.02 Å². The normalized spacial score (nSPS) is 18.2. The molecule has 1 fully saturated rings. The van der Waals surface area contributed by atoms with E-state index in [1.807, 2.05) is 35.4 Å². The number of thiophene rings is 1. The molecule has 1 unspecified atom stereocenters. The van der Waals surface area contributed by atoms with E-state index >= 15 is 0 Å². The lowest BCUT2D eigenvalue weighted by Crippen LogP contribution is -2.30. The number of amides is 1. The minimum Gasteiger partial charge on any atom is -0.331 e. The molecule has 2 heterocycles. The minimum atomic E-state index is 0.0480. The van der Waals surface area contributed by atoms with Gasteiger partial charge in [0.2, 0.25) is 0 Å². The largest absolute Gasteiger partial charge is 0.331 e. The molecule has 3 rings (SSSR count). The fourth-order valence-electron chi connectivity index (χ4n) is 2.74. The topological polar surface area (TPSA) is 20.3 Å². The monoisotopic (exact) mass is 337 g/mol. The SMILES string of the molecule is CSc1ccc(Cl)c(C(=O)N2CCCC2c2cccs2)c1. The molecule has 1 aliphatic rings. The zero-order chi connectivity index (χ0) is 14.8. The Morgan fingerprint density at radius 1 is 1.43 bits per heavy atom. The first-order chi connectivity index (χ1) is 10.2. The number of nitrogens with zero attached hydrogens (tertiary/aromatic N) is 1. The van der Waals surface area contributed by atoms with Gasteiger partial charge >= 0.3 is 0 Å². The molecular formula is C16H16ClNOS2. The van der Waals surface area contributed by atoms with Crippen LogP contribution in [-0.2, 0) is 0 Å². The van der Waals surface area contributed by atoms with Gasteiger partial charge in [0.25, 0.3) is 5.91 Å². The van der Waals surface area contributed by atoms with Crippen LogP contribution < -0.4 is 0 Å². The Morgan fingerprint density at radius 3 is 3.00 bits per heavy atom. The number of halogens is 1. The van der Waals surface area contributed by atoms with Crippen molar-refractivity contribution in [1.29, 1.82) is 0 Å². The highest BCUT2D eigenvalue weighted by Gasteiger charge is 2.32. The molecule has 2 nitrogen and oxygen atoms in total. The third-order valence-electron chi connectivity index (χ3n) is 3.79. The fourth-order valence-corrected chi connectivity index (χ4v) is 4.25. The molecule has 0 aliphatic carbocycles. The van der Waals surface area contributed by atoms with Gasteiger partial charge in [-0.05, 0) is 48.7 Å². The van der Waals surface area contributed by atoms with Crippen molar-refractivity contribution in [3.63, 3.8) is 0 Å². The number of likely N-dealkylation sites (tertiary alicyclic amines) is 1. The van der Waals surface area contributed by atoms with Crippen LogP contribution in [0.1, 0.15) is 34.1 Å². The number of benzene rings is 1. The van der Waals surface area contributed by atoms with Gasteiger partial charge < -0.3 is 4.90 Å². The Balaban J connectivity index is 1.91. The summed E-state index contributed by atoms with van der Waals surface area (Å²) in [6, 6.07) is 10.0. The molecule has 1 atom stereocenters. The average Bonchev–Trinajstić information content (AvgIpc) is 3.17. The quantitative estimate of drug-likeness (QED) is 0.726. The average molecular weight is 338 g/mol. The zero-order valence-electron chi connectivity index (χ0n) is 11.7. The van der Waals surface area contributed by atoms with Crippen LogP contribution in [0.4, 0.5) is 0 Å². The van der Waals surface area contributed by atoms with Crippen molar-refractivity contribution < 1.29 is 4.79 Å². The molecule has 2 aromatic rings. The zero-order valence-corrected chi connectivity index (χ0v) is 14.1. The second-order valence-corrected chi connectivity index (χ2v) is 7.28. The van der Waals surface area contributed by atoms with Crippen molar-refractivity contribution >= 4 is 40.6 Å². The van der Waals surface area contributed by atoms with Crippen molar-refractivity contribution in [1.82, 2.24) is 4.90 Å². The van der Waals surface area contributed by atoms with E-state index in [2.05, 4.69) is 11.4 Å². The lowest BCUT2D eigenvalue weighted by molar-refractivity contribution is 0.0738. The molecule has 0 radical (unpaired) electrons. The van der Waals surface area contributed by atoms with E-state index in [0.717, 1.165) is 24.3 Å². The van der Waals surface area contributed by atoms with Crippen LogP contribution in [0.25, 0.3) is 0 Å². The van der Waals surface area contributed by atoms with E-state index in [-0.39, 0.29) is 11.9 Å². The second-order valence-electron chi connectivity index (χ2n) is 5.02. The summed E-state index contributed by atoms with van der Waals surface area (Å²) in [4.78, 5) is 17.2. The standard InChI is InChI=1S/C16H16ClNOS2/c1-20-11-6-7-13(17)12(10-11)16(19)18-8-2-4-14(18)15-5-3-9-21-15/h3,5-7,9-10,14H,2,4,8H2,1H3. The van der Waals surface area contributed by atoms with Crippen LogP contribution in [-0.4, -0.2) is 23.6 Å². The van der Waals surface area contributed by atoms with Crippen LogP contribution in [0.5, 0.6) is 0 Å². The molecule has 110 valence electrons. The first-order valence-electron chi connectivity index (χ1n) is 6.88. The van der Waals surface area contributed by atoms with Crippen LogP contribution in [0, 0.1) is 0 Å². The van der Waals surface area contributed by atoms with Crippen molar-refractivity contribution in [3.05, 3.63) is 51.2 Å². The molecule has 1 aromatic carbocycles. The van der Waals surface area contributed by atoms with E-state index < -0.39 is 0 Å². The summed E-state index contributed by atoms with van der Waals surface area (Å²) >= 11 is 9.59. The molecule has 5 heteroatoms. The maximum absolute atomic E-state index is 12.9. The minimum absolute atomic E-state index is 0.0480. The molecule has 1 amide bonds. The van der Waals surface area contributed by atoms with Crippen molar-refractivity contribution in [3.8, 4) is 0 Å². The van der Waals surface area contributed by atoms with E-state index in [0.29, 0.717) is 10.6 Å². The van der Waals surface area contributed by atoms with Gasteiger partial charge in [-0.2, -0.15) is 0 Å². The highest BCUT2D eigenvalue weighted by Crippen LogP contribution is 2.36. The smallest absolute Gasteiger partial charge is 0.255 e. The van der Waals surface area contributed by atoms with E-state index in [9.17, 15) is 4.79 Å². The summed E-state index contributed by atoms with van der Waals surface area (Å²) in [5.74, 6) is 0.0480. The number of rotatable bonds is 3. The van der Waals surface area contributed by atoms with Gasteiger partial charge in [-0.3, -0.25) is 4.79 Å². The summed E-state index contributed by atoms with van der Waals surface area (Å²) < 4.78 is 0. The predicted octanol–water partition coefficient (Wildman–Crippen LogP) is 5.10. The van der Waals surface area contributed by atoms with Crippen molar-refractivity contribution in [2.24, 2.45) is 0 Å². The number of hydrogen-bond acceptors (Lipinski definition) is 3. The first-order valence-corrected chi connectivity index (χ1v) is 9.37. The molecule has 1 aliphatic heterocycles. The lowest BCUT2D eigenvalue weighted by Gasteiger charge is -2.24. The van der Waals surface area contributed by atoms with E-state index in [1.54, 1.807) is 23.1 Å². The predicted molar refractivity (Wildman–Crippen MR) is 90.6 cm³/mol. The summed E-state index contributed by atoms with van der Waals surface area (Å²) in [5.41, 5.74) is 0.618. The van der Waals surface area contributed by atoms with E-state index in [4.69, 9.17) is 11.6 Å². The summed E-state index contributed by atoms with van der Waals surface area (Å²) in [6.45, 7) is 0.807.